The maximum Gasteiger partial charge on any atom is 0.246 e. The number of benzene rings is 2. The molecule has 0 bridgehead atoms. The molecule has 0 saturated heterocycles. The summed E-state index contributed by atoms with van der Waals surface area (Å²) in [5.41, 5.74) is 1.45. The number of amides is 1. The van der Waals surface area contributed by atoms with Crippen molar-refractivity contribution in [2.45, 2.75) is 13.0 Å². The highest BCUT2D eigenvalue weighted by molar-refractivity contribution is 5.96. The zero-order chi connectivity index (χ0) is 17.2. The minimum Gasteiger partial charge on any atom is -0.486 e. The van der Waals surface area contributed by atoms with Gasteiger partial charge < -0.3 is 29.6 Å². The summed E-state index contributed by atoms with van der Waals surface area (Å²) in [6, 6.07) is 10.4. The van der Waals surface area contributed by atoms with E-state index in [1.807, 2.05) is 18.2 Å². The predicted molar refractivity (Wildman–Crippen MR) is 91.7 cm³/mol. The molecular weight excluding hydrogens is 324 g/mol. The van der Waals surface area contributed by atoms with E-state index in [0.717, 1.165) is 5.69 Å². The van der Waals surface area contributed by atoms with Crippen molar-refractivity contribution in [2.75, 3.05) is 30.6 Å². The number of anilines is 2. The molecule has 0 saturated carbocycles. The van der Waals surface area contributed by atoms with E-state index in [9.17, 15) is 4.79 Å². The fourth-order valence-corrected chi connectivity index (χ4v) is 2.67. The third kappa shape index (κ3) is 3.26. The van der Waals surface area contributed by atoms with Gasteiger partial charge >= 0.3 is 0 Å². The van der Waals surface area contributed by atoms with E-state index in [-0.39, 0.29) is 12.7 Å². The van der Waals surface area contributed by atoms with E-state index < -0.39 is 6.04 Å². The molecule has 2 heterocycles. The largest absolute Gasteiger partial charge is 0.486 e. The van der Waals surface area contributed by atoms with Crippen LogP contribution < -0.4 is 29.6 Å². The number of hydrogen-bond acceptors (Lipinski definition) is 6. The third-order valence-electron chi connectivity index (χ3n) is 3.96. The minimum atomic E-state index is -0.437. The summed E-state index contributed by atoms with van der Waals surface area (Å²) in [4.78, 5) is 12.4. The normalized spacial score (nSPS) is 15.4. The Balaban J connectivity index is 1.40. The van der Waals surface area contributed by atoms with E-state index in [4.69, 9.17) is 18.9 Å². The molecule has 2 aliphatic heterocycles. The van der Waals surface area contributed by atoms with Crippen molar-refractivity contribution in [3.05, 3.63) is 36.4 Å². The molecule has 130 valence electrons. The number of fused-ring (bicyclic) bond motifs is 2. The van der Waals surface area contributed by atoms with Crippen molar-refractivity contribution >= 4 is 17.3 Å². The van der Waals surface area contributed by atoms with Crippen molar-refractivity contribution in [1.29, 1.82) is 0 Å². The Morgan fingerprint density at radius 2 is 1.48 bits per heavy atom. The number of carbonyl (C=O) groups excluding carboxylic acids is 1. The summed E-state index contributed by atoms with van der Waals surface area (Å²) in [5.74, 6) is 2.55. The van der Waals surface area contributed by atoms with E-state index in [0.29, 0.717) is 41.9 Å². The number of hydrogen-bond donors (Lipinski definition) is 2. The number of ether oxygens (including phenoxy) is 4. The van der Waals surface area contributed by atoms with Crippen LogP contribution in [-0.2, 0) is 4.79 Å². The number of rotatable bonds is 4. The molecule has 1 atom stereocenters. The molecule has 0 aromatic heterocycles. The van der Waals surface area contributed by atoms with Crippen LogP contribution in [0.1, 0.15) is 6.92 Å². The molecule has 2 aliphatic rings. The van der Waals surface area contributed by atoms with Crippen LogP contribution >= 0.6 is 0 Å². The highest BCUT2D eigenvalue weighted by Crippen LogP contribution is 2.34. The van der Waals surface area contributed by atoms with E-state index >= 15 is 0 Å². The zero-order valence-electron chi connectivity index (χ0n) is 13.7. The summed E-state index contributed by atoms with van der Waals surface area (Å²) in [7, 11) is 0. The molecule has 7 nitrogen and oxygen atoms in total. The van der Waals surface area contributed by atoms with Gasteiger partial charge in [0.05, 0.1) is 0 Å². The molecule has 0 aliphatic carbocycles. The summed E-state index contributed by atoms with van der Waals surface area (Å²) in [6.45, 7) is 3.07. The molecule has 7 heteroatoms. The molecule has 25 heavy (non-hydrogen) atoms. The third-order valence-corrected chi connectivity index (χ3v) is 3.96. The van der Waals surface area contributed by atoms with Crippen molar-refractivity contribution < 1.29 is 23.7 Å². The van der Waals surface area contributed by atoms with Gasteiger partial charge in [-0.25, -0.2) is 0 Å². The van der Waals surface area contributed by atoms with Gasteiger partial charge in [0.15, 0.2) is 23.0 Å². The highest BCUT2D eigenvalue weighted by Gasteiger charge is 2.18. The standard InChI is InChI=1S/C18H18N2O5/c1-11(19-12-2-4-14-16(8-12)23-7-6-22-14)18(21)20-13-3-5-15-17(9-13)25-10-24-15/h2-5,8-9,11,19H,6-7,10H2,1H3,(H,20,21)/t11-/m1/s1. The second kappa shape index (κ2) is 6.43. The summed E-state index contributed by atoms with van der Waals surface area (Å²) < 4.78 is 21.6. The monoisotopic (exact) mass is 342 g/mol. The summed E-state index contributed by atoms with van der Waals surface area (Å²) in [6.07, 6.45) is 0. The van der Waals surface area contributed by atoms with Crippen LogP contribution in [0.3, 0.4) is 0 Å². The lowest BCUT2D eigenvalue weighted by molar-refractivity contribution is -0.116. The van der Waals surface area contributed by atoms with Gasteiger partial charge in [-0.15, -0.1) is 0 Å². The van der Waals surface area contributed by atoms with Crippen LogP contribution in [0.4, 0.5) is 11.4 Å². The van der Waals surface area contributed by atoms with E-state index in [1.54, 1.807) is 25.1 Å². The van der Waals surface area contributed by atoms with Crippen molar-refractivity contribution in [1.82, 2.24) is 0 Å². The Morgan fingerprint density at radius 3 is 2.32 bits per heavy atom. The minimum absolute atomic E-state index is 0.159. The second-order valence-electron chi connectivity index (χ2n) is 5.78. The molecule has 0 spiro atoms. The summed E-state index contributed by atoms with van der Waals surface area (Å²) in [5, 5.41) is 6.02. The first-order valence-corrected chi connectivity index (χ1v) is 8.06. The lowest BCUT2D eigenvalue weighted by Gasteiger charge is -2.20. The molecule has 2 aromatic carbocycles. The second-order valence-corrected chi connectivity index (χ2v) is 5.78. The lowest BCUT2D eigenvalue weighted by atomic mass is 10.2. The van der Waals surface area contributed by atoms with Crippen molar-refractivity contribution in [2.24, 2.45) is 0 Å². The van der Waals surface area contributed by atoms with Crippen molar-refractivity contribution in [3.8, 4) is 23.0 Å². The first kappa shape index (κ1) is 15.4. The zero-order valence-corrected chi connectivity index (χ0v) is 13.7. The Bertz CT molecular complexity index is 808. The average Bonchev–Trinajstić information content (AvgIpc) is 3.09. The number of nitrogens with one attached hydrogen (secondary N) is 2. The Labute approximate surface area is 144 Å². The van der Waals surface area contributed by atoms with Gasteiger partial charge in [0.25, 0.3) is 0 Å². The average molecular weight is 342 g/mol. The van der Waals surface area contributed by atoms with Crippen LogP contribution in [0.5, 0.6) is 23.0 Å². The predicted octanol–water partition coefficient (Wildman–Crippen LogP) is 2.63. The van der Waals surface area contributed by atoms with E-state index in [2.05, 4.69) is 10.6 Å². The maximum atomic E-state index is 12.4. The van der Waals surface area contributed by atoms with Gasteiger partial charge in [0.2, 0.25) is 12.7 Å². The van der Waals surface area contributed by atoms with Crippen LogP contribution in [0.15, 0.2) is 36.4 Å². The first-order chi connectivity index (χ1) is 12.2. The molecule has 2 aromatic rings. The van der Waals surface area contributed by atoms with Gasteiger partial charge in [0.1, 0.15) is 19.3 Å². The van der Waals surface area contributed by atoms with Gasteiger partial charge in [-0.2, -0.15) is 0 Å². The van der Waals surface area contributed by atoms with Gasteiger partial charge in [-0.3, -0.25) is 4.79 Å². The van der Waals surface area contributed by atoms with Gasteiger partial charge in [-0.05, 0) is 31.2 Å². The molecule has 0 fully saturated rings. The quantitative estimate of drug-likeness (QED) is 0.889. The molecular formula is C18H18N2O5. The lowest BCUT2D eigenvalue weighted by Crippen LogP contribution is -2.31. The van der Waals surface area contributed by atoms with Crippen LogP contribution in [0.2, 0.25) is 0 Å². The SMILES string of the molecule is C[C@@H](Nc1ccc2c(c1)OCCO2)C(=O)Nc1ccc2c(c1)OCO2. The molecule has 0 unspecified atom stereocenters. The maximum absolute atomic E-state index is 12.4. The smallest absolute Gasteiger partial charge is 0.246 e. The van der Waals surface area contributed by atoms with Crippen LogP contribution in [-0.4, -0.2) is 32.0 Å². The highest BCUT2D eigenvalue weighted by atomic mass is 16.7. The Morgan fingerprint density at radius 1 is 0.880 bits per heavy atom. The van der Waals surface area contributed by atoms with Crippen LogP contribution in [0, 0.1) is 0 Å². The topological polar surface area (TPSA) is 78.1 Å². The first-order valence-electron chi connectivity index (χ1n) is 8.06. The fraction of sp³-hybridized carbons (Fsp3) is 0.278. The van der Waals surface area contributed by atoms with Gasteiger partial charge in [0, 0.05) is 23.5 Å². The van der Waals surface area contributed by atoms with Gasteiger partial charge in [-0.1, -0.05) is 0 Å². The molecule has 0 radical (unpaired) electrons. The van der Waals surface area contributed by atoms with E-state index in [1.165, 1.54) is 0 Å². The number of carbonyl (C=O) groups is 1. The Kier molecular flexibility index (Phi) is 3.97. The van der Waals surface area contributed by atoms with Crippen LogP contribution in [0.25, 0.3) is 0 Å². The molecule has 1 amide bonds. The molecule has 4 rings (SSSR count). The summed E-state index contributed by atoms with van der Waals surface area (Å²) >= 11 is 0. The Hall–Kier alpha value is -3.09. The molecule has 2 N–H and O–H groups in total. The van der Waals surface area contributed by atoms with Crippen molar-refractivity contribution in [3.63, 3.8) is 0 Å². The fourth-order valence-electron chi connectivity index (χ4n) is 2.67.